The highest BCUT2D eigenvalue weighted by atomic mass is 16.5. The first-order valence-electron chi connectivity index (χ1n) is 6.86. The van der Waals surface area contributed by atoms with E-state index in [-0.39, 0.29) is 12.4 Å². The van der Waals surface area contributed by atoms with Crippen LogP contribution in [-0.4, -0.2) is 19.2 Å². The van der Waals surface area contributed by atoms with Gasteiger partial charge in [-0.25, -0.2) is 0 Å². The summed E-state index contributed by atoms with van der Waals surface area (Å²) in [6, 6.07) is 7.15. The number of carbonyl (C=O) groups is 1. The van der Waals surface area contributed by atoms with Crippen LogP contribution in [0.25, 0.3) is 0 Å². The Morgan fingerprint density at radius 3 is 2.79 bits per heavy atom. The SMILES string of the molecule is CCCCCCOC(=O)CCOc1cccc(N)c1. The van der Waals surface area contributed by atoms with Gasteiger partial charge in [-0.3, -0.25) is 4.79 Å². The van der Waals surface area contributed by atoms with E-state index in [0.717, 1.165) is 12.8 Å². The van der Waals surface area contributed by atoms with Gasteiger partial charge in [-0.1, -0.05) is 32.3 Å². The number of esters is 1. The third-order valence-corrected chi connectivity index (χ3v) is 2.69. The summed E-state index contributed by atoms with van der Waals surface area (Å²) in [6.07, 6.45) is 4.69. The molecule has 2 N–H and O–H groups in total. The maximum Gasteiger partial charge on any atom is 0.309 e. The number of unbranched alkanes of at least 4 members (excludes halogenated alkanes) is 3. The van der Waals surface area contributed by atoms with Crippen LogP contribution < -0.4 is 10.5 Å². The van der Waals surface area contributed by atoms with Crippen molar-refractivity contribution in [2.75, 3.05) is 18.9 Å². The van der Waals surface area contributed by atoms with Crippen molar-refractivity contribution in [3.63, 3.8) is 0 Å². The topological polar surface area (TPSA) is 61.5 Å². The molecule has 1 aromatic carbocycles. The molecule has 0 amide bonds. The zero-order valence-corrected chi connectivity index (χ0v) is 11.6. The van der Waals surface area contributed by atoms with Crippen LogP contribution in [0, 0.1) is 0 Å². The molecule has 0 bridgehead atoms. The van der Waals surface area contributed by atoms with Crippen LogP contribution >= 0.6 is 0 Å². The third kappa shape index (κ3) is 7.34. The highest BCUT2D eigenvalue weighted by molar-refractivity contribution is 5.69. The van der Waals surface area contributed by atoms with Gasteiger partial charge in [-0.05, 0) is 18.6 Å². The van der Waals surface area contributed by atoms with Crippen molar-refractivity contribution in [2.24, 2.45) is 0 Å². The number of nitrogens with two attached hydrogens (primary N) is 1. The van der Waals surface area contributed by atoms with Crippen molar-refractivity contribution < 1.29 is 14.3 Å². The number of ether oxygens (including phenoxy) is 2. The second-order valence-electron chi connectivity index (χ2n) is 4.45. The van der Waals surface area contributed by atoms with E-state index in [1.54, 1.807) is 12.1 Å². The van der Waals surface area contributed by atoms with Crippen LogP contribution in [-0.2, 0) is 9.53 Å². The second kappa shape index (κ2) is 9.25. The Hall–Kier alpha value is -1.71. The first-order chi connectivity index (χ1) is 9.22. The summed E-state index contributed by atoms with van der Waals surface area (Å²) in [7, 11) is 0. The second-order valence-corrected chi connectivity index (χ2v) is 4.45. The molecule has 0 unspecified atom stereocenters. The van der Waals surface area contributed by atoms with Gasteiger partial charge in [0.1, 0.15) is 5.75 Å². The molecule has 0 fully saturated rings. The number of nitrogen functional groups attached to an aromatic ring is 1. The smallest absolute Gasteiger partial charge is 0.309 e. The Balaban J connectivity index is 2.07. The van der Waals surface area contributed by atoms with Gasteiger partial charge in [0.15, 0.2) is 0 Å². The van der Waals surface area contributed by atoms with Crippen molar-refractivity contribution in [1.29, 1.82) is 0 Å². The molecule has 19 heavy (non-hydrogen) atoms. The summed E-state index contributed by atoms with van der Waals surface area (Å²) >= 11 is 0. The molecular formula is C15H23NO3. The molecule has 0 aliphatic carbocycles. The minimum Gasteiger partial charge on any atom is -0.493 e. The molecule has 0 saturated carbocycles. The van der Waals surface area contributed by atoms with Crippen molar-refractivity contribution in [3.8, 4) is 5.75 Å². The summed E-state index contributed by atoms with van der Waals surface area (Å²) in [5.41, 5.74) is 6.27. The Kier molecular flexibility index (Phi) is 7.47. The Morgan fingerprint density at radius 2 is 2.05 bits per heavy atom. The van der Waals surface area contributed by atoms with Crippen LogP contribution in [0.4, 0.5) is 5.69 Å². The van der Waals surface area contributed by atoms with Crippen LogP contribution in [0.2, 0.25) is 0 Å². The molecular weight excluding hydrogens is 242 g/mol. The van der Waals surface area contributed by atoms with E-state index in [2.05, 4.69) is 6.92 Å². The van der Waals surface area contributed by atoms with E-state index < -0.39 is 0 Å². The minimum atomic E-state index is -0.208. The molecule has 106 valence electrons. The van der Waals surface area contributed by atoms with E-state index in [0.29, 0.717) is 24.7 Å². The normalized spacial score (nSPS) is 10.2. The van der Waals surface area contributed by atoms with E-state index in [4.69, 9.17) is 15.2 Å². The van der Waals surface area contributed by atoms with Crippen molar-refractivity contribution in [3.05, 3.63) is 24.3 Å². The highest BCUT2D eigenvalue weighted by Gasteiger charge is 2.03. The van der Waals surface area contributed by atoms with E-state index in [1.807, 2.05) is 12.1 Å². The van der Waals surface area contributed by atoms with Gasteiger partial charge >= 0.3 is 5.97 Å². The molecule has 0 atom stereocenters. The third-order valence-electron chi connectivity index (χ3n) is 2.69. The zero-order chi connectivity index (χ0) is 13.9. The molecule has 0 saturated heterocycles. The fraction of sp³-hybridized carbons (Fsp3) is 0.533. The summed E-state index contributed by atoms with van der Waals surface area (Å²) in [5.74, 6) is 0.469. The summed E-state index contributed by atoms with van der Waals surface area (Å²) < 4.78 is 10.5. The average molecular weight is 265 g/mol. The zero-order valence-electron chi connectivity index (χ0n) is 11.6. The van der Waals surface area contributed by atoms with Gasteiger partial charge in [0.25, 0.3) is 0 Å². The van der Waals surface area contributed by atoms with Gasteiger partial charge in [0.2, 0.25) is 0 Å². The van der Waals surface area contributed by atoms with Crippen molar-refractivity contribution in [2.45, 2.75) is 39.0 Å². The van der Waals surface area contributed by atoms with E-state index >= 15 is 0 Å². The van der Waals surface area contributed by atoms with Crippen molar-refractivity contribution in [1.82, 2.24) is 0 Å². The Morgan fingerprint density at radius 1 is 1.21 bits per heavy atom. The predicted octanol–water partition coefficient (Wildman–Crippen LogP) is 3.16. The van der Waals surface area contributed by atoms with Gasteiger partial charge in [0.05, 0.1) is 19.6 Å². The number of hydrogen-bond donors (Lipinski definition) is 1. The number of benzene rings is 1. The molecule has 0 aliphatic rings. The van der Waals surface area contributed by atoms with Crippen LogP contribution in [0.3, 0.4) is 0 Å². The van der Waals surface area contributed by atoms with Gasteiger partial charge in [0, 0.05) is 11.8 Å². The molecule has 1 rings (SSSR count). The molecule has 0 radical (unpaired) electrons. The summed E-state index contributed by atoms with van der Waals surface area (Å²) in [6.45, 7) is 2.98. The van der Waals surface area contributed by atoms with Crippen LogP contribution in [0.1, 0.15) is 39.0 Å². The van der Waals surface area contributed by atoms with Gasteiger partial charge < -0.3 is 15.2 Å². The predicted molar refractivity (Wildman–Crippen MR) is 76.1 cm³/mol. The van der Waals surface area contributed by atoms with Crippen LogP contribution in [0.5, 0.6) is 5.75 Å². The fourth-order valence-corrected chi connectivity index (χ4v) is 1.64. The molecule has 4 heteroatoms. The minimum absolute atomic E-state index is 0.208. The molecule has 0 heterocycles. The highest BCUT2D eigenvalue weighted by Crippen LogP contribution is 2.14. The lowest BCUT2D eigenvalue weighted by Gasteiger charge is -2.07. The number of anilines is 1. The van der Waals surface area contributed by atoms with Crippen LogP contribution in [0.15, 0.2) is 24.3 Å². The average Bonchev–Trinajstić information content (AvgIpc) is 2.38. The number of carbonyl (C=O) groups excluding carboxylic acids is 1. The standard InChI is InChI=1S/C15H23NO3/c1-2-3-4-5-10-19-15(17)9-11-18-14-8-6-7-13(16)12-14/h6-8,12H,2-5,9-11,16H2,1H3. The largest absolute Gasteiger partial charge is 0.493 e. The molecule has 0 aliphatic heterocycles. The lowest BCUT2D eigenvalue weighted by Crippen LogP contribution is -2.10. The Labute approximate surface area is 114 Å². The number of hydrogen-bond acceptors (Lipinski definition) is 4. The van der Waals surface area contributed by atoms with E-state index in [9.17, 15) is 4.79 Å². The first kappa shape index (κ1) is 15.3. The molecule has 0 aromatic heterocycles. The van der Waals surface area contributed by atoms with Gasteiger partial charge in [-0.15, -0.1) is 0 Å². The maximum atomic E-state index is 11.4. The maximum absolute atomic E-state index is 11.4. The molecule has 0 spiro atoms. The van der Waals surface area contributed by atoms with E-state index in [1.165, 1.54) is 12.8 Å². The monoisotopic (exact) mass is 265 g/mol. The molecule has 4 nitrogen and oxygen atoms in total. The first-order valence-corrected chi connectivity index (χ1v) is 6.86. The fourth-order valence-electron chi connectivity index (χ4n) is 1.64. The lowest BCUT2D eigenvalue weighted by atomic mass is 10.2. The molecule has 1 aromatic rings. The van der Waals surface area contributed by atoms with Gasteiger partial charge in [-0.2, -0.15) is 0 Å². The summed E-state index contributed by atoms with van der Waals surface area (Å²) in [4.78, 5) is 11.4. The lowest BCUT2D eigenvalue weighted by molar-refractivity contribution is -0.144. The Bertz CT molecular complexity index is 379. The van der Waals surface area contributed by atoms with Crippen molar-refractivity contribution >= 4 is 11.7 Å². The quantitative estimate of drug-likeness (QED) is 0.423. The number of rotatable bonds is 9. The summed E-state index contributed by atoms with van der Waals surface area (Å²) in [5, 5.41) is 0.